The highest BCUT2D eigenvalue weighted by Gasteiger charge is 2.35. The Morgan fingerprint density at radius 3 is 2.57 bits per heavy atom. The van der Waals surface area contributed by atoms with Crippen LogP contribution in [-0.2, 0) is 0 Å². The SMILES string of the molecule is CC(C)(F)C1COc2ccccc2O1. The molecule has 0 aliphatic carbocycles. The van der Waals surface area contributed by atoms with Gasteiger partial charge in [-0.2, -0.15) is 0 Å². The number of para-hydroxylation sites is 2. The molecule has 3 heteroatoms. The smallest absolute Gasteiger partial charge is 0.166 e. The first-order chi connectivity index (χ1) is 6.57. The van der Waals surface area contributed by atoms with E-state index < -0.39 is 11.8 Å². The van der Waals surface area contributed by atoms with Crippen molar-refractivity contribution in [3.8, 4) is 11.5 Å². The molecule has 1 aromatic rings. The van der Waals surface area contributed by atoms with Gasteiger partial charge in [-0.15, -0.1) is 0 Å². The molecular weight excluding hydrogens is 183 g/mol. The van der Waals surface area contributed by atoms with E-state index in [-0.39, 0.29) is 6.61 Å². The lowest BCUT2D eigenvalue weighted by Gasteiger charge is -2.32. The van der Waals surface area contributed by atoms with Crippen LogP contribution in [0.5, 0.6) is 11.5 Å². The molecule has 1 aliphatic rings. The Labute approximate surface area is 82.6 Å². The quantitative estimate of drug-likeness (QED) is 0.687. The zero-order chi connectivity index (χ0) is 10.2. The predicted molar refractivity (Wildman–Crippen MR) is 51.5 cm³/mol. The summed E-state index contributed by atoms with van der Waals surface area (Å²) >= 11 is 0. The summed E-state index contributed by atoms with van der Waals surface area (Å²) in [7, 11) is 0. The molecule has 2 rings (SSSR count). The molecule has 0 bridgehead atoms. The van der Waals surface area contributed by atoms with Crippen LogP contribution >= 0.6 is 0 Å². The first kappa shape index (κ1) is 9.31. The molecular formula is C11H13FO2. The van der Waals surface area contributed by atoms with Gasteiger partial charge in [0.1, 0.15) is 12.3 Å². The van der Waals surface area contributed by atoms with Crippen molar-refractivity contribution in [3.05, 3.63) is 24.3 Å². The van der Waals surface area contributed by atoms with Crippen LogP contribution in [0.15, 0.2) is 24.3 Å². The summed E-state index contributed by atoms with van der Waals surface area (Å²) < 4.78 is 24.5. The second kappa shape index (κ2) is 3.15. The first-order valence-corrected chi connectivity index (χ1v) is 4.65. The van der Waals surface area contributed by atoms with Crippen LogP contribution in [0.4, 0.5) is 4.39 Å². The van der Waals surface area contributed by atoms with E-state index in [9.17, 15) is 4.39 Å². The fourth-order valence-corrected chi connectivity index (χ4v) is 1.36. The summed E-state index contributed by atoms with van der Waals surface area (Å²) in [6.07, 6.45) is -0.530. The largest absolute Gasteiger partial charge is 0.486 e. The summed E-state index contributed by atoms with van der Waals surface area (Å²) in [6.45, 7) is 3.25. The molecule has 0 spiro atoms. The number of alkyl halides is 1. The minimum absolute atomic E-state index is 0.264. The van der Waals surface area contributed by atoms with Crippen molar-refractivity contribution in [3.63, 3.8) is 0 Å². The topological polar surface area (TPSA) is 18.5 Å². The summed E-state index contributed by atoms with van der Waals surface area (Å²) in [4.78, 5) is 0. The van der Waals surface area contributed by atoms with Gasteiger partial charge in [0.25, 0.3) is 0 Å². The maximum atomic E-state index is 13.6. The van der Waals surface area contributed by atoms with Crippen molar-refractivity contribution in [2.75, 3.05) is 6.61 Å². The monoisotopic (exact) mass is 196 g/mol. The van der Waals surface area contributed by atoms with E-state index in [0.717, 1.165) is 0 Å². The Kier molecular flexibility index (Phi) is 2.10. The number of halogens is 1. The van der Waals surface area contributed by atoms with Crippen LogP contribution in [0, 0.1) is 0 Å². The molecule has 1 atom stereocenters. The third kappa shape index (κ3) is 1.67. The van der Waals surface area contributed by atoms with Crippen molar-refractivity contribution < 1.29 is 13.9 Å². The summed E-state index contributed by atoms with van der Waals surface area (Å²) in [5.41, 5.74) is -1.38. The number of ether oxygens (including phenoxy) is 2. The summed E-state index contributed by atoms with van der Waals surface area (Å²) in [5.74, 6) is 1.31. The molecule has 14 heavy (non-hydrogen) atoms. The van der Waals surface area contributed by atoms with Gasteiger partial charge >= 0.3 is 0 Å². The molecule has 1 aromatic carbocycles. The Morgan fingerprint density at radius 2 is 1.93 bits per heavy atom. The maximum Gasteiger partial charge on any atom is 0.166 e. The van der Waals surface area contributed by atoms with Gasteiger partial charge in [0.05, 0.1) is 0 Å². The van der Waals surface area contributed by atoms with Crippen LogP contribution < -0.4 is 9.47 Å². The zero-order valence-electron chi connectivity index (χ0n) is 8.29. The number of benzene rings is 1. The molecule has 0 saturated carbocycles. The van der Waals surface area contributed by atoms with E-state index in [1.165, 1.54) is 13.8 Å². The fraction of sp³-hybridized carbons (Fsp3) is 0.455. The Balaban J connectivity index is 2.22. The second-order valence-electron chi connectivity index (χ2n) is 3.93. The predicted octanol–water partition coefficient (Wildman–Crippen LogP) is 2.57. The number of hydrogen-bond acceptors (Lipinski definition) is 2. The van der Waals surface area contributed by atoms with Crippen LogP contribution in [0.2, 0.25) is 0 Å². The molecule has 1 heterocycles. The molecule has 0 saturated heterocycles. The lowest BCUT2D eigenvalue weighted by atomic mass is 10.0. The highest BCUT2D eigenvalue weighted by Crippen LogP contribution is 2.34. The van der Waals surface area contributed by atoms with E-state index >= 15 is 0 Å². The molecule has 76 valence electrons. The van der Waals surface area contributed by atoms with Crippen LogP contribution in [0.25, 0.3) is 0 Å². The Morgan fingerprint density at radius 1 is 1.29 bits per heavy atom. The minimum Gasteiger partial charge on any atom is -0.486 e. The lowest BCUT2D eigenvalue weighted by Crippen LogP contribution is -2.43. The number of fused-ring (bicyclic) bond motifs is 1. The summed E-state index contributed by atoms with van der Waals surface area (Å²) in [6, 6.07) is 7.31. The van der Waals surface area contributed by atoms with Crippen molar-refractivity contribution >= 4 is 0 Å². The second-order valence-corrected chi connectivity index (χ2v) is 3.93. The van der Waals surface area contributed by atoms with Crippen LogP contribution in [-0.4, -0.2) is 18.4 Å². The molecule has 2 nitrogen and oxygen atoms in total. The molecule has 0 fully saturated rings. The first-order valence-electron chi connectivity index (χ1n) is 4.65. The van der Waals surface area contributed by atoms with Gasteiger partial charge in [-0.3, -0.25) is 0 Å². The molecule has 1 aliphatic heterocycles. The molecule has 1 unspecified atom stereocenters. The van der Waals surface area contributed by atoms with E-state index in [1.54, 1.807) is 6.07 Å². The van der Waals surface area contributed by atoms with Crippen molar-refractivity contribution in [2.24, 2.45) is 0 Å². The van der Waals surface area contributed by atoms with Gasteiger partial charge in [0.15, 0.2) is 17.6 Å². The highest BCUT2D eigenvalue weighted by molar-refractivity contribution is 5.40. The summed E-state index contributed by atoms with van der Waals surface area (Å²) in [5, 5.41) is 0. The average Bonchev–Trinajstić information content (AvgIpc) is 2.16. The van der Waals surface area contributed by atoms with Gasteiger partial charge < -0.3 is 9.47 Å². The van der Waals surface area contributed by atoms with Crippen LogP contribution in [0.3, 0.4) is 0 Å². The Hall–Kier alpha value is -1.25. The average molecular weight is 196 g/mol. The van der Waals surface area contributed by atoms with Gasteiger partial charge in [-0.05, 0) is 26.0 Å². The Bertz CT molecular complexity index is 330. The number of rotatable bonds is 1. The maximum absolute atomic E-state index is 13.6. The van der Waals surface area contributed by atoms with Crippen molar-refractivity contribution in [1.82, 2.24) is 0 Å². The zero-order valence-corrected chi connectivity index (χ0v) is 8.29. The van der Waals surface area contributed by atoms with Gasteiger partial charge in [-0.25, -0.2) is 4.39 Å². The number of hydrogen-bond donors (Lipinski definition) is 0. The van der Waals surface area contributed by atoms with Crippen LogP contribution in [0.1, 0.15) is 13.8 Å². The van der Waals surface area contributed by atoms with E-state index in [1.807, 2.05) is 18.2 Å². The van der Waals surface area contributed by atoms with Gasteiger partial charge in [-0.1, -0.05) is 12.1 Å². The van der Waals surface area contributed by atoms with E-state index in [0.29, 0.717) is 11.5 Å². The van der Waals surface area contributed by atoms with Gasteiger partial charge in [0, 0.05) is 0 Å². The van der Waals surface area contributed by atoms with E-state index in [2.05, 4.69) is 0 Å². The normalized spacial score (nSPS) is 20.6. The fourth-order valence-electron chi connectivity index (χ4n) is 1.36. The van der Waals surface area contributed by atoms with Crippen molar-refractivity contribution in [1.29, 1.82) is 0 Å². The molecule has 0 radical (unpaired) electrons. The third-order valence-corrected chi connectivity index (χ3v) is 2.27. The van der Waals surface area contributed by atoms with E-state index in [4.69, 9.17) is 9.47 Å². The standard InChI is InChI=1S/C11H13FO2/c1-11(2,12)10-7-13-8-5-3-4-6-9(8)14-10/h3-6,10H,7H2,1-2H3. The van der Waals surface area contributed by atoms with Crippen molar-refractivity contribution in [2.45, 2.75) is 25.6 Å². The minimum atomic E-state index is -1.38. The third-order valence-electron chi connectivity index (χ3n) is 2.27. The van der Waals surface area contributed by atoms with Gasteiger partial charge in [0.2, 0.25) is 0 Å². The lowest BCUT2D eigenvalue weighted by molar-refractivity contribution is -0.0142. The molecule has 0 aromatic heterocycles. The molecule has 0 amide bonds. The highest BCUT2D eigenvalue weighted by atomic mass is 19.1. The molecule has 0 N–H and O–H groups in total.